The van der Waals surface area contributed by atoms with Crippen LogP contribution in [0.25, 0.3) is 65.3 Å². The molecule has 10 aromatic carbocycles. The second-order valence-electron chi connectivity index (χ2n) is 14.3. The zero-order valence-electron chi connectivity index (χ0n) is 30.2. The Morgan fingerprint density at radius 3 is 1.20 bits per heavy atom. The lowest BCUT2D eigenvalue weighted by atomic mass is 9.86. The van der Waals surface area contributed by atoms with Crippen LogP contribution in [0.3, 0.4) is 0 Å². The van der Waals surface area contributed by atoms with Crippen molar-refractivity contribution in [2.24, 2.45) is 0 Å². The van der Waals surface area contributed by atoms with Crippen LogP contribution in [0.15, 0.2) is 200 Å². The van der Waals surface area contributed by atoms with Crippen LogP contribution in [-0.2, 0) is 4.57 Å². The average Bonchev–Trinajstić information content (AvgIpc) is 3.28. The number of benzene rings is 10. The predicted octanol–water partition coefficient (Wildman–Crippen LogP) is 13.2. The fourth-order valence-electron chi connectivity index (χ4n) is 8.66. The molecule has 0 bridgehead atoms. The number of fused-ring (bicyclic) bond motifs is 9. The molecule has 0 N–H and O–H groups in total. The van der Waals surface area contributed by atoms with E-state index in [1.165, 1.54) is 0 Å². The molecule has 1 aliphatic heterocycles. The summed E-state index contributed by atoms with van der Waals surface area (Å²) in [6, 6.07) is 68.3. The Hall–Kier alpha value is -6.93. The topological polar surface area (TPSA) is 35.5 Å². The van der Waals surface area contributed by atoms with E-state index in [0.717, 1.165) is 92.8 Å². The summed E-state index contributed by atoms with van der Waals surface area (Å²) in [6.45, 7) is 0. The van der Waals surface area contributed by atoms with Gasteiger partial charge in [0, 0.05) is 26.7 Å². The van der Waals surface area contributed by atoms with Gasteiger partial charge in [0.1, 0.15) is 0 Å². The van der Waals surface area contributed by atoms with Gasteiger partial charge in [0.2, 0.25) is 0 Å². The van der Waals surface area contributed by atoms with Crippen LogP contribution in [0.1, 0.15) is 0 Å². The second kappa shape index (κ2) is 12.8. The molecule has 0 unspecified atom stereocenters. The quantitative estimate of drug-likeness (QED) is 0.100. The maximum absolute atomic E-state index is 15.5. The number of hydrogen-bond donors (Lipinski definition) is 0. The van der Waals surface area contributed by atoms with E-state index in [1.54, 1.807) is 0 Å². The molecule has 11 rings (SSSR count). The van der Waals surface area contributed by atoms with Crippen molar-refractivity contribution in [1.29, 1.82) is 0 Å². The molecule has 0 aliphatic carbocycles. The van der Waals surface area contributed by atoms with Crippen molar-refractivity contribution < 1.29 is 14.0 Å². The van der Waals surface area contributed by atoms with Crippen molar-refractivity contribution in [2.45, 2.75) is 0 Å². The minimum absolute atomic E-state index is 0.679. The first-order chi connectivity index (χ1) is 27.7. The van der Waals surface area contributed by atoms with Gasteiger partial charge in [-0.15, -0.1) is 0 Å². The summed E-state index contributed by atoms with van der Waals surface area (Å²) in [5.74, 6) is 2.84. The standard InChI is InChI=1S/C52H33O3P/c53-56(36-17-3-1-4-18-36,37-19-5-2-6-20-37)38-21-15-16-34(32-38)49-41-24-9-11-26-43(41)50(44-27-12-10-25-42(44)49)35-30-31-47-48(33-35)55-52-46-29-14-8-23-40(46)39-22-7-13-28-45(39)51(52)54-47/h1-33H. The lowest BCUT2D eigenvalue weighted by Gasteiger charge is -2.25. The van der Waals surface area contributed by atoms with E-state index in [4.69, 9.17) is 9.47 Å². The van der Waals surface area contributed by atoms with E-state index in [1.807, 2.05) is 91.0 Å². The molecular formula is C52H33O3P. The molecule has 0 saturated heterocycles. The highest BCUT2D eigenvalue weighted by molar-refractivity contribution is 7.85. The molecule has 264 valence electrons. The lowest BCUT2D eigenvalue weighted by molar-refractivity contribution is 0.367. The van der Waals surface area contributed by atoms with Gasteiger partial charge in [0.05, 0.1) is 0 Å². The molecule has 1 heterocycles. The minimum atomic E-state index is -3.19. The van der Waals surface area contributed by atoms with Gasteiger partial charge in [-0.3, -0.25) is 0 Å². The molecule has 0 fully saturated rings. The lowest BCUT2D eigenvalue weighted by Crippen LogP contribution is -2.25. The normalized spacial score (nSPS) is 12.3. The highest BCUT2D eigenvalue weighted by atomic mass is 31.2. The number of hydrogen-bond acceptors (Lipinski definition) is 3. The maximum Gasteiger partial charge on any atom is 0.178 e. The maximum atomic E-state index is 15.5. The Morgan fingerprint density at radius 2 is 0.696 bits per heavy atom. The zero-order chi connectivity index (χ0) is 37.2. The largest absolute Gasteiger partial charge is 0.449 e. The van der Waals surface area contributed by atoms with E-state index >= 15 is 4.57 Å². The summed E-state index contributed by atoms with van der Waals surface area (Å²) in [7, 11) is -3.19. The summed E-state index contributed by atoms with van der Waals surface area (Å²) >= 11 is 0. The van der Waals surface area contributed by atoms with Gasteiger partial charge in [-0.25, -0.2) is 0 Å². The van der Waals surface area contributed by atoms with Crippen molar-refractivity contribution in [2.75, 3.05) is 0 Å². The molecule has 0 amide bonds. The summed E-state index contributed by atoms with van der Waals surface area (Å²) in [5.41, 5.74) is 4.29. The summed E-state index contributed by atoms with van der Waals surface area (Å²) < 4.78 is 29.0. The Kier molecular flexibility index (Phi) is 7.45. The summed E-state index contributed by atoms with van der Waals surface area (Å²) in [4.78, 5) is 0. The van der Waals surface area contributed by atoms with Crippen LogP contribution in [0.4, 0.5) is 0 Å². The average molecular weight is 737 g/mol. The van der Waals surface area contributed by atoms with E-state index in [9.17, 15) is 0 Å². The van der Waals surface area contributed by atoms with E-state index in [2.05, 4.69) is 109 Å². The number of ether oxygens (including phenoxy) is 2. The van der Waals surface area contributed by atoms with E-state index in [-0.39, 0.29) is 0 Å². The van der Waals surface area contributed by atoms with Crippen molar-refractivity contribution >= 4 is 66.1 Å². The molecule has 3 nitrogen and oxygen atoms in total. The molecule has 0 radical (unpaired) electrons. The molecule has 0 aromatic heterocycles. The van der Waals surface area contributed by atoms with Crippen molar-refractivity contribution in [3.8, 4) is 45.3 Å². The molecule has 0 atom stereocenters. The summed E-state index contributed by atoms with van der Waals surface area (Å²) in [6.07, 6.45) is 0. The SMILES string of the molecule is O=P(c1ccccc1)(c1ccccc1)c1cccc(-c2c3ccccc3c(-c3ccc4c(c3)Oc3c(c5ccccc5c5ccccc35)O4)c3ccccc23)c1. The molecule has 0 saturated carbocycles. The van der Waals surface area contributed by atoms with Crippen LogP contribution in [-0.4, -0.2) is 0 Å². The van der Waals surface area contributed by atoms with Crippen LogP contribution >= 0.6 is 7.14 Å². The van der Waals surface area contributed by atoms with E-state index < -0.39 is 7.14 Å². The van der Waals surface area contributed by atoms with Crippen LogP contribution in [0, 0.1) is 0 Å². The Balaban J connectivity index is 1.10. The van der Waals surface area contributed by atoms with Crippen LogP contribution in [0.5, 0.6) is 23.0 Å². The van der Waals surface area contributed by atoms with Crippen LogP contribution < -0.4 is 25.4 Å². The zero-order valence-corrected chi connectivity index (χ0v) is 31.1. The minimum Gasteiger partial charge on any atom is -0.449 e. The van der Waals surface area contributed by atoms with Gasteiger partial charge in [0.25, 0.3) is 0 Å². The second-order valence-corrected chi connectivity index (χ2v) is 17.1. The predicted molar refractivity (Wildman–Crippen MR) is 233 cm³/mol. The first-order valence-electron chi connectivity index (χ1n) is 18.9. The first-order valence-corrected chi connectivity index (χ1v) is 20.6. The highest BCUT2D eigenvalue weighted by Crippen LogP contribution is 2.54. The van der Waals surface area contributed by atoms with Gasteiger partial charge in [-0.05, 0) is 72.8 Å². The van der Waals surface area contributed by atoms with Crippen molar-refractivity contribution in [1.82, 2.24) is 0 Å². The smallest absolute Gasteiger partial charge is 0.178 e. The fraction of sp³-hybridized carbons (Fsp3) is 0. The molecule has 4 heteroatoms. The third-order valence-corrected chi connectivity index (χ3v) is 14.2. The molecule has 10 aromatic rings. The van der Waals surface area contributed by atoms with Gasteiger partial charge >= 0.3 is 0 Å². The third-order valence-electron chi connectivity index (χ3n) is 11.2. The molecule has 0 spiro atoms. The monoisotopic (exact) mass is 736 g/mol. The summed E-state index contributed by atoms with van der Waals surface area (Å²) in [5, 5.41) is 11.2. The van der Waals surface area contributed by atoms with Gasteiger partial charge in [-0.1, -0.05) is 182 Å². The molecule has 1 aliphatic rings. The Labute approximate surface area is 324 Å². The van der Waals surface area contributed by atoms with Crippen molar-refractivity contribution in [3.05, 3.63) is 200 Å². The van der Waals surface area contributed by atoms with Crippen LogP contribution in [0.2, 0.25) is 0 Å². The van der Waals surface area contributed by atoms with Gasteiger partial charge in [0.15, 0.2) is 30.1 Å². The Morgan fingerprint density at radius 1 is 0.304 bits per heavy atom. The highest BCUT2D eigenvalue weighted by Gasteiger charge is 2.31. The first kappa shape index (κ1) is 32.5. The van der Waals surface area contributed by atoms with Crippen molar-refractivity contribution in [3.63, 3.8) is 0 Å². The van der Waals surface area contributed by atoms with Gasteiger partial charge < -0.3 is 14.0 Å². The third kappa shape index (κ3) is 4.95. The Bertz CT molecular complexity index is 3130. The molecular weight excluding hydrogens is 704 g/mol. The van der Waals surface area contributed by atoms with Gasteiger partial charge in [-0.2, -0.15) is 0 Å². The van der Waals surface area contributed by atoms with E-state index in [0.29, 0.717) is 11.5 Å². The fourth-order valence-corrected chi connectivity index (χ4v) is 11.4. The molecule has 56 heavy (non-hydrogen) atoms. The number of rotatable bonds is 5.